The molecule has 4 rings (SSSR count). The third kappa shape index (κ3) is 3.82. The highest BCUT2D eigenvalue weighted by molar-refractivity contribution is 7.98. The summed E-state index contributed by atoms with van der Waals surface area (Å²) >= 11 is 1.46. The third-order valence-corrected chi connectivity index (χ3v) is 5.83. The summed E-state index contributed by atoms with van der Waals surface area (Å²) in [5, 5.41) is 4.24. The van der Waals surface area contributed by atoms with Crippen molar-refractivity contribution in [3.63, 3.8) is 0 Å². The van der Waals surface area contributed by atoms with E-state index in [0.717, 1.165) is 42.2 Å². The molecule has 1 aromatic carbocycles. The van der Waals surface area contributed by atoms with Crippen molar-refractivity contribution < 1.29 is 4.79 Å². The number of aromatic nitrogens is 3. The number of fused-ring (bicyclic) bond motifs is 1. The molecule has 2 heterocycles. The second-order valence-electron chi connectivity index (χ2n) is 7.07. The minimum atomic E-state index is -0.281. The number of hydrogen-bond acceptors (Lipinski definition) is 5. The van der Waals surface area contributed by atoms with Crippen molar-refractivity contribution in [3.05, 3.63) is 59.5 Å². The molecule has 3 aromatic rings. The van der Waals surface area contributed by atoms with E-state index in [1.54, 1.807) is 18.3 Å². The summed E-state index contributed by atoms with van der Waals surface area (Å²) in [7, 11) is 0. The predicted molar refractivity (Wildman–Crippen MR) is 117 cm³/mol. The molecule has 1 fully saturated rings. The summed E-state index contributed by atoms with van der Waals surface area (Å²) in [6, 6.07) is 9.26. The van der Waals surface area contributed by atoms with Crippen molar-refractivity contribution in [3.8, 4) is 11.1 Å². The van der Waals surface area contributed by atoms with Crippen LogP contribution in [0.3, 0.4) is 0 Å². The van der Waals surface area contributed by atoms with E-state index >= 15 is 0 Å². The van der Waals surface area contributed by atoms with Gasteiger partial charge in [0.05, 0.1) is 0 Å². The number of pyridine rings is 1. The minimum absolute atomic E-state index is 0.0503. The number of benzene rings is 1. The molecule has 0 aliphatic heterocycles. The number of amides is 1. The molecule has 1 saturated carbocycles. The van der Waals surface area contributed by atoms with Crippen LogP contribution in [0.15, 0.2) is 59.1 Å². The lowest BCUT2D eigenvalue weighted by atomic mass is 10.0. The third-order valence-electron chi connectivity index (χ3n) is 5.27. The van der Waals surface area contributed by atoms with Gasteiger partial charge in [0.2, 0.25) is 5.91 Å². The topological polar surface area (TPSA) is 76.9 Å². The van der Waals surface area contributed by atoms with Gasteiger partial charge in [-0.25, -0.2) is 9.97 Å². The number of nitrogens with zero attached hydrogens (tertiary/aromatic N) is 3. The van der Waals surface area contributed by atoms with E-state index < -0.39 is 0 Å². The SMILES string of the molecule is C=CC(=O)Nc1cccc(-c2cc(=O)n(C3CCCC3)c3nc(SC)ncc23)c1. The van der Waals surface area contributed by atoms with E-state index in [0.29, 0.717) is 16.5 Å². The quantitative estimate of drug-likeness (QED) is 0.386. The van der Waals surface area contributed by atoms with Crippen molar-refractivity contribution >= 4 is 34.4 Å². The lowest BCUT2D eigenvalue weighted by Crippen LogP contribution is -2.24. The van der Waals surface area contributed by atoms with Gasteiger partial charge in [0.1, 0.15) is 5.65 Å². The van der Waals surface area contributed by atoms with Crippen molar-refractivity contribution in [1.29, 1.82) is 0 Å². The maximum atomic E-state index is 13.1. The van der Waals surface area contributed by atoms with Crippen LogP contribution in [0.2, 0.25) is 0 Å². The first-order chi connectivity index (χ1) is 14.1. The standard InChI is InChI=1S/C22H22N4O2S/c1-3-19(27)24-15-8-6-7-14(11-15)17-12-20(28)26(16-9-4-5-10-16)21-18(17)13-23-22(25-21)29-2/h3,6-8,11-13,16H,1,4-5,9-10H2,2H3,(H,24,27). The maximum absolute atomic E-state index is 13.1. The Labute approximate surface area is 173 Å². The van der Waals surface area contributed by atoms with E-state index in [4.69, 9.17) is 4.98 Å². The molecule has 0 radical (unpaired) electrons. The van der Waals surface area contributed by atoms with E-state index in [1.807, 2.05) is 29.0 Å². The van der Waals surface area contributed by atoms with Crippen LogP contribution in [0.1, 0.15) is 31.7 Å². The van der Waals surface area contributed by atoms with Crippen LogP contribution in [0, 0.1) is 0 Å². The second kappa shape index (κ2) is 8.21. The van der Waals surface area contributed by atoms with Gasteiger partial charge in [-0.15, -0.1) is 0 Å². The molecule has 29 heavy (non-hydrogen) atoms. The van der Waals surface area contributed by atoms with Crippen LogP contribution in [0.4, 0.5) is 5.69 Å². The number of hydrogen-bond donors (Lipinski definition) is 1. The van der Waals surface area contributed by atoms with Gasteiger partial charge in [-0.3, -0.25) is 14.2 Å². The fraction of sp³-hybridized carbons (Fsp3) is 0.273. The molecule has 0 atom stereocenters. The van der Waals surface area contributed by atoms with E-state index in [9.17, 15) is 9.59 Å². The van der Waals surface area contributed by atoms with E-state index in [1.165, 1.54) is 17.8 Å². The van der Waals surface area contributed by atoms with Gasteiger partial charge in [0, 0.05) is 29.4 Å². The van der Waals surface area contributed by atoms with Crippen LogP contribution in [0.5, 0.6) is 0 Å². The van der Waals surface area contributed by atoms with Crippen LogP contribution in [-0.2, 0) is 4.79 Å². The highest BCUT2D eigenvalue weighted by atomic mass is 32.2. The molecule has 1 N–H and O–H groups in total. The molecule has 0 unspecified atom stereocenters. The predicted octanol–water partition coefficient (Wildman–Crippen LogP) is 4.42. The molecule has 1 amide bonds. The van der Waals surface area contributed by atoms with Crippen LogP contribution >= 0.6 is 11.8 Å². The maximum Gasteiger partial charge on any atom is 0.253 e. The first-order valence-electron chi connectivity index (χ1n) is 9.61. The number of rotatable bonds is 5. The first kappa shape index (κ1) is 19.4. The molecule has 148 valence electrons. The highest BCUT2D eigenvalue weighted by Gasteiger charge is 2.22. The van der Waals surface area contributed by atoms with Gasteiger partial charge in [-0.05, 0) is 48.4 Å². The molecule has 1 aliphatic carbocycles. The number of carbonyl (C=O) groups is 1. The first-order valence-corrected chi connectivity index (χ1v) is 10.8. The summed E-state index contributed by atoms with van der Waals surface area (Å²) in [6.45, 7) is 3.48. The fourth-order valence-corrected chi connectivity index (χ4v) is 4.25. The van der Waals surface area contributed by atoms with Gasteiger partial charge in [-0.2, -0.15) is 0 Å². The van der Waals surface area contributed by atoms with Crippen molar-refractivity contribution in [2.75, 3.05) is 11.6 Å². The van der Waals surface area contributed by atoms with Gasteiger partial charge in [-0.1, -0.05) is 43.3 Å². The molecule has 6 nitrogen and oxygen atoms in total. The van der Waals surface area contributed by atoms with Crippen LogP contribution in [0.25, 0.3) is 22.2 Å². The average Bonchev–Trinajstić information content (AvgIpc) is 3.27. The Kier molecular flexibility index (Phi) is 5.49. The Hall–Kier alpha value is -2.93. The number of anilines is 1. The molecular formula is C22H22N4O2S. The molecule has 7 heteroatoms. The lowest BCUT2D eigenvalue weighted by molar-refractivity contribution is -0.111. The zero-order valence-corrected chi connectivity index (χ0v) is 17.0. The smallest absolute Gasteiger partial charge is 0.253 e. The molecule has 0 saturated heterocycles. The van der Waals surface area contributed by atoms with E-state index in [-0.39, 0.29) is 17.5 Å². The van der Waals surface area contributed by atoms with Crippen molar-refractivity contribution in [2.45, 2.75) is 36.9 Å². The Balaban J connectivity index is 1.91. The zero-order chi connectivity index (χ0) is 20.4. The number of thioether (sulfide) groups is 1. The van der Waals surface area contributed by atoms with E-state index in [2.05, 4.69) is 16.9 Å². The molecule has 0 spiro atoms. The monoisotopic (exact) mass is 406 g/mol. The lowest BCUT2D eigenvalue weighted by Gasteiger charge is -2.18. The Morgan fingerprint density at radius 3 is 2.83 bits per heavy atom. The summed E-state index contributed by atoms with van der Waals surface area (Å²) in [5.74, 6) is -0.281. The Morgan fingerprint density at radius 1 is 1.31 bits per heavy atom. The molecule has 0 bridgehead atoms. The van der Waals surface area contributed by atoms with Gasteiger partial charge < -0.3 is 5.32 Å². The molecule has 2 aromatic heterocycles. The van der Waals surface area contributed by atoms with Crippen molar-refractivity contribution in [2.24, 2.45) is 0 Å². The van der Waals surface area contributed by atoms with Gasteiger partial charge in [0.15, 0.2) is 5.16 Å². The highest BCUT2D eigenvalue weighted by Crippen LogP contribution is 2.34. The summed E-state index contributed by atoms with van der Waals surface area (Å²) < 4.78 is 1.84. The van der Waals surface area contributed by atoms with Gasteiger partial charge >= 0.3 is 0 Å². The molecule has 1 aliphatic rings. The Morgan fingerprint density at radius 2 is 2.10 bits per heavy atom. The number of nitrogens with one attached hydrogen (secondary N) is 1. The Bertz CT molecular complexity index is 1150. The fourth-order valence-electron chi connectivity index (χ4n) is 3.92. The average molecular weight is 407 g/mol. The van der Waals surface area contributed by atoms with Crippen LogP contribution < -0.4 is 10.9 Å². The zero-order valence-electron chi connectivity index (χ0n) is 16.2. The largest absolute Gasteiger partial charge is 0.323 e. The van der Waals surface area contributed by atoms with Crippen LogP contribution in [-0.4, -0.2) is 26.7 Å². The summed E-state index contributed by atoms with van der Waals surface area (Å²) in [6.07, 6.45) is 9.20. The van der Waals surface area contributed by atoms with Crippen molar-refractivity contribution in [1.82, 2.24) is 14.5 Å². The second-order valence-corrected chi connectivity index (χ2v) is 7.85. The summed E-state index contributed by atoms with van der Waals surface area (Å²) in [4.78, 5) is 33.9. The van der Waals surface area contributed by atoms with Gasteiger partial charge in [0.25, 0.3) is 5.56 Å². The normalized spacial score (nSPS) is 14.2. The minimum Gasteiger partial charge on any atom is -0.323 e. The molecular weight excluding hydrogens is 384 g/mol. The summed E-state index contributed by atoms with van der Waals surface area (Å²) in [5.41, 5.74) is 2.86. The number of carbonyl (C=O) groups excluding carboxylic acids is 1.